The smallest absolute Gasteiger partial charge is 0.300 e. The van der Waals surface area contributed by atoms with Crippen LogP contribution in [0, 0.1) is 6.92 Å². The molecular formula is C30H25NO4. The number of benzene rings is 4. The van der Waals surface area contributed by atoms with Crippen molar-refractivity contribution >= 4 is 33.9 Å². The van der Waals surface area contributed by atoms with Gasteiger partial charge in [0.15, 0.2) is 0 Å². The van der Waals surface area contributed by atoms with Crippen LogP contribution in [0.4, 0.5) is 5.69 Å². The standard InChI is InChI=1S/C30H25NO4/c1-3-35-22-17-15-21(16-18-22)27-26(28(32)24-13-8-11-20-10-5-6-12-23(20)24)29(33)30(34)31(27)25-14-7-4-9-19(25)2/h4-18,27,32H,3H2,1-2H3/b28-26-. The van der Waals surface area contributed by atoms with Gasteiger partial charge in [0, 0.05) is 11.3 Å². The summed E-state index contributed by atoms with van der Waals surface area (Å²) in [6.45, 7) is 4.34. The molecule has 5 nitrogen and oxygen atoms in total. The lowest BCUT2D eigenvalue weighted by atomic mass is 9.93. The van der Waals surface area contributed by atoms with Crippen LogP contribution < -0.4 is 9.64 Å². The molecule has 0 spiro atoms. The summed E-state index contributed by atoms with van der Waals surface area (Å²) >= 11 is 0. The van der Waals surface area contributed by atoms with Gasteiger partial charge >= 0.3 is 0 Å². The Morgan fingerprint density at radius 3 is 2.31 bits per heavy atom. The monoisotopic (exact) mass is 463 g/mol. The van der Waals surface area contributed by atoms with E-state index in [1.54, 1.807) is 6.07 Å². The van der Waals surface area contributed by atoms with E-state index in [2.05, 4.69) is 0 Å². The van der Waals surface area contributed by atoms with E-state index in [0.717, 1.165) is 16.3 Å². The molecule has 1 saturated heterocycles. The summed E-state index contributed by atoms with van der Waals surface area (Å²) in [5.74, 6) is -0.870. The van der Waals surface area contributed by atoms with Crippen LogP contribution in [-0.4, -0.2) is 23.4 Å². The highest BCUT2D eigenvalue weighted by Gasteiger charge is 2.47. The van der Waals surface area contributed by atoms with Gasteiger partial charge in [-0.15, -0.1) is 0 Å². The van der Waals surface area contributed by atoms with Crippen molar-refractivity contribution in [1.82, 2.24) is 0 Å². The van der Waals surface area contributed by atoms with Gasteiger partial charge in [-0.05, 0) is 53.9 Å². The van der Waals surface area contributed by atoms with Gasteiger partial charge in [-0.1, -0.05) is 72.8 Å². The van der Waals surface area contributed by atoms with Crippen molar-refractivity contribution in [2.75, 3.05) is 11.5 Å². The van der Waals surface area contributed by atoms with Crippen LogP contribution in [0.2, 0.25) is 0 Å². The van der Waals surface area contributed by atoms with E-state index in [9.17, 15) is 14.7 Å². The van der Waals surface area contributed by atoms with Crippen molar-refractivity contribution in [2.24, 2.45) is 0 Å². The molecule has 4 aromatic carbocycles. The molecule has 0 bridgehead atoms. The minimum Gasteiger partial charge on any atom is -0.507 e. The van der Waals surface area contributed by atoms with E-state index in [0.29, 0.717) is 29.2 Å². The number of anilines is 1. The molecule has 5 rings (SSSR count). The van der Waals surface area contributed by atoms with Crippen molar-refractivity contribution in [3.8, 4) is 5.75 Å². The first-order valence-corrected chi connectivity index (χ1v) is 11.6. The lowest BCUT2D eigenvalue weighted by molar-refractivity contribution is -0.132. The van der Waals surface area contributed by atoms with E-state index in [4.69, 9.17) is 4.74 Å². The Bertz CT molecular complexity index is 1460. The molecule has 0 aromatic heterocycles. The van der Waals surface area contributed by atoms with Gasteiger partial charge in [-0.25, -0.2) is 0 Å². The van der Waals surface area contributed by atoms with Gasteiger partial charge < -0.3 is 9.84 Å². The predicted octanol–water partition coefficient (Wildman–Crippen LogP) is 6.17. The lowest BCUT2D eigenvalue weighted by Crippen LogP contribution is -2.30. The topological polar surface area (TPSA) is 66.8 Å². The van der Waals surface area contributed by atoms with Crippen LogP contribution in [0.15, 0.2) is 96.6 Å². The number of amides is 1. The zero-order chi connectivity index (χ0) is 24.5. The molecule has 0 aliphatic carbocycles. The molecular weight excluding hydrogens is 438 g/mol. The number of hydrogen-bond donors (Lipinski definition) is 1. The average Bonchev–Trinajstić information content (AvgIpc) is 3.14. The molecule has 0 radical (unpaired) electrons. The quantitative estimate of drug-likeness (QED) is 0.218. The summed E-state index contributed by atoms with van der Waals surface area (Å²) in [6, 6.07) is 27.2. The largest absolute Gasteiger partial charge is 0.507 e. The Kier molecular flexibility index (Phi) is 5.83. The fourth-order valence-corrected chi connectivity index (χ4v) is 4.72. The number of nitrogens with zero attached hydrogens (tertiary/aromatic N) is 1. The van der Waals surface area contributed by atoms with E-state index in [1.807, 2.05) is 98.8 Å². The van der Waals surface area contributed by atoms with E-state index < -0.39 is 17.7 Å². The fourth-order valence-electron chi connectivity index (χ4n) is 4.72. The number of fused-ring (bicyclic) bond motifs is 1. The second kappa shape index (κ2) is 9.11. The molecule has 0 saturated carbocycles. The Labute approximate surface area is 203 Å². The fraction of sp³-hybridized carbons (Fsp3) is 0.133. The van der Waals surface area contributed by atoms with Gasteiger partial charge in [0.2, 0.25) is 0 Å². The van der Waals surface area contributed by atoms with Crippen molar-refractivity contribution in [3.05, 3.63) is 113 Å². The number of aryl methyl sites for hydroxylation is 1. The van der Waals surface area contributed by atoms with Gasteiger partial charge in [0.05, 0.1) is 18.2 Å². The molecule has 5 heteroatoms. The van der Waals surface area contributed by atoms with Crippen LogP contribution in [-0.2, 0) is 9.59 Å². The van der Waals surface area contributed by atoms with E-state index in [-0.39, 0.29) is 11.3 Å². The third kappa shape index (κ3) is 3.85. The second-order valence-corrected chi connectivity index (χ2v) is 8.48. The highest BCUT2D eigenvalue weighted by molar-refractivity contribution is 6.52. The van der Waals surface area contributed by atoms with Crippen molar-refractivity contribution in [1.29, 1.82) is 0 Å². The molecule has 1 heterocycles. The number of carbonyl (C=O) groups is 2. The summed E-state index contributed by atoms with van der Waals surface area (Å²) in [7, 11) is 0. The van der Waals surface area contributed by atoms with Crippen molar-refractivity contribution in [2.45, 2.75) is 19.9 Å². The molecule has 1 atom stereocenters. The number of ketones is 1. The Hall–Kier alpha value is -4.38. The average molecular weight is 464 g/mol. The molecule has 1 aliphatic heterocycles. The maximum Gasteiger partial charge on any atom is 0.300 e. The van der Waals surface area contributed by atoms with Gasteiger partial charge in [-0.3, -0.25) is 14.5 Å². The zero-order valence-electron chi connectivity index (χ0n) is 19.6. The molecule has 1 N–H and O–H groups in total. The normalized spacial score (nSPS) is 17.2. The summed E-state index contributed by atoms with van der Waals surface area (Å²) in [6.07, 6.45) is 0. The summed E-state index contributed by atoms with van der Waals surface area (Å²) in [5, 5.41) is 13.3. The first kappa shape index (κ1) is 22.4. The number of Topliss-reactive ketones (excluding diaryl/α,β-unsaturated/α-hetero) is 1. The number of aliphatic hydroxyl groups excluding tert-OH is 1. The minimum absolute atomic E-state index is 0.0683. The van der Waals surface area contributed by atoms with Crippen LogP contribution in [0.25, 0.3) is 16.5 Å². The van der Waals surface area contributed by atoms with Crippen LogP contribution in [0.5, 0.6) is 5.75 Å². The minimum atomic E-state index is -0.786. The number of rotatable bonds is 5. The number of para-hydroxylation sites is 1. The maximum atomic E-state index is 13.5. The Balaban J connectivity index is 1.75. The number of ether oxygens (including phenoxy) is 1. The summed E-state index contributed by atoms with van der Waals surface area (Å²) in [4.78, 5) is 28.4. The Morgan fingerprint density at radius 1 is 0.886 bits per heavy atom. The first-order valence-electron chi connectivity index (χ1n) is 11.6. The maximum absolute atomic E-state index is 13.5. The van der Waals surface area contributed by atoms with E-state index in [1.165, 1.54) is 4.90 Å². The number of aliphatic hydroxyl groups is 1. The number of carbonyl (C=O) groups excluding carboxylic acids is 2. The molecule has 1 fully saturated rings. The van der Waals surface area contributed by atoms with Gasteiger partial charge in [-0.2, -0.15) is 0 Å². The van der Waals surface area contributed by atoms with Gasteiger partial charge in [0.1, 0.15) is 11.5 Å². The van der Waals surface area contributed by atoms with Crippen LogP contribution >= 0.6 is 0 Å². The second-order valence-electron chi connectivity index (χ2n) is 8.48. The third-order valence-electron chi connectivity index (χ3n) is 6.37. The third-order valence-corrected chi connectivity index (χ3v) is 6.37. The van der Waals surface area contributed by atoms with E-state index >= 15 is 0 Å². The van der Waals surface area contributed by atoms with Gasteiger partial charge in [0.25, 0.3) is 11.7 Å². The zero-order valence-corrected chi connectivity index (χ0v) is 19.6. The predicted molar refractivity (Wildman–Crippen MR) is 138 cm³/mol. The summed E-state index contributed by atoms with van der Waals surface area (Å²) < 4.78 is 5.58. The Morgan fingerprint density at radius 2 is 1.57 bits per heavy atom. The van der Waals surface area contributed by atoms with Crippen molar-refractivity contribution < 1.29 is 19.4 Å². The number of hydrogen-bond acceptors (Lipinski definition) is 4. The first-order chi connectivity index (χ1) is 17.0. The molecule has 174 valence electrons. The SMILES string of the molecule is CCOc1ccc(C2/C(=C(/O)c3cccc4ccccc34)C(=O)C(=O)N2c2ccccc2C)cc1. The van der Waals surface area contributed by atoms with Crippen LogP contribution in [0.1, 0.15) is 29.7 Å². The lowest BCUT2D eigenvalue weighted by Gasteiger charge is -2.27. The molecule has 4 aromatic rings. The van der Waals surface area contributed by atoms with Crippen molar-refractivity contribution in [3.63, 3.8) is 0 Å². The molecule has 1 unspecified atom stereocenters. The molecule has 1 amide bonds. The molecule has 35 heavy (non-hydrogen) atoms. The van der Waals surface area contributed by atoms with Crippen LogP contribution in [0.3, 0.4) is 0 Å². The molecule has 1 aliphatic rings. The summed E-state index contributed by atoms with van der Waals surface area (Å²) in [5.41, 5.74) is 2.78. The highest BCUT2D eigenvalue weighted by atomic mass is 16.5. The highest BCUT2D eigenvalue weighted by Crippen LogP contribution is 2.44.